The number of carbonyl (C=O) groups excluding carboxylic acids is 1. The summed E-state index contributed by atoms with van der Waals surface area (Å²) in [6.45, 7) is 8.16. The van der Waals surface area contributed by atoms with Crippen molar-refractivity contribution in [3.8, 4) is 0 Å². The van der Waals surface area contributed by atoms with Gasteiger partial charge in [-0.2, -0.15) is 0 Å². The van der Waals surface area contributed by atoms with Crippen LogP contribution in [0.2, 0.25) is 0 Å². The van der Waals surface area contributed by atoms with E-state index in [1.165, 1.54) is 0 Å². The summed E-state index contributed by atoms with van der Waals surface area (Å²) in [5.74, 6) is -1.96. The summed E-state index contributed by atoms with van der Waals surface area (Å²) < 4.78 is 6.13. The van der Waals surface area contributed by atoms with Crippen LogP contribution in [0.5, 0.6) is 0 Å². The van der Waals surface area contributed by atoms with E-state index in [1.807, 2.05) is 20.8 Å². The van der Waals surface area contributed by atoms with Crippen LogP contribution in [-0.4, -0.2) is 28.6 Å². The summed E-state index contributed by atoms with van der Waals surface area (Å²) in [5, 5.41) is 9.33. The number of carbonyl (C=O) groups is 2. The van der Waals surface area contributed by atoms with Gasteiger partial charge in [0.1, 0.15) is 11.7 Å². The maximum absolute atomic E-state index is 11.9. The topological polar surface area (TPSA) is 63.6 Å². The maximum atomic E-state index is 11.9. The van der Waals surface area contributed by atoms with Gasteiger partial charge in [-0.15, -0.1) is 0 Å². The summed E-state index contributed by atoms with van der Waals surface area (Å²) in [5.41, 5.74) is -0.410. The Morgan fingerprint density at radius 2 is 2.00 bits per heavy atom. The average molecular weight is 268 g/mol. The Morgan fingerprint density at radius 1 is 1.37 bits per heavy atom. The third-order valence-corrected chi connectivity index (χ3v) is 4.74. The molecule has 0 spiro atoms. The molecule has 108 valence electrons. The minimum atomic E-state index is -0.961. The van der Waals surface area contributed by atoms with Crippen molar-refractivity contribution in [1.82, 2.24) is 0 Å². The van der Waals surface area contributed by atoms with Crippen molar-refractivity contribution in [1.29, 1.82) is 0 Å². The van der Waals surface area contributed by atoms with Crippen LogP contribution >= 0.6 is 0 Å². The van der Waals surface area contributed by atoms with Crippen molar-refractivity contribution in [2.75, 3.05) is 0 Å². The Balaban J connectivity index is 2.25. The molecule has 0 amide bonds. The van der Waals surface area contributed by atoms with E-state index in [2.05, 4.69) is 6.92 Å². The Bertz CT molecular complexity index is 395. The van der Waals surface area contributed by atoms with E-state index in [1.54, 1.807) is 0 Å². The highest BCUT2D eigenvalue weighted by Gasteiger charge is 2.57. The summed E-state index contributed by atoms with van der Waals surface area (Å²) in [4.78, 5) is 23.3. The Kier molecular flexibility index (Phi) is 3.50. The van der Waals surface area contributed by atoms with Gasteiger partial charge in [0.05, 0.1) is 11.7 Å². The minimum Gasteiger partial charge on any atom is -0.481 e. The molecule has 0 aromatic heterocycles. The van der Waals surface area contributed by atoms with Crippen LogP contribution in [0.4, 0.5) is 0 Å². The quantitative estimate of drug-likeness (QED) is 0.782. The molecule has 2 fully saturated rings. The van der Waals surface area contributed by atoms with Crippen molar-refractivity contribution in [2.24, 2.45) is 17.3 Å². The first kappa shape index (κ1) is 14.5. The average Bonchev–Trinajstić information content (AvgIpc) is 2.54. The zero-order chi connectivity index (χ0) is 14.4. The second-order valence-electron chi connectivity index (χ2n) is 7.19. The van der Waals surface area contributed by atoms with E-state index >= 15 is 0 Å². The highest BCUT2D eigenvalue weighted by molar-refractivity contribution is 5.99. The Morgan fingerprint density at radius 3 is 2.53 bits per heavy atom. The molecule has 0 aliphatic heterocycles. The molecule has 0 radical (unpaired) electrons. The van der Waals surface area contributed by atoms with Crippen LogP contribution in [0.15, 0.2) is 0 Å². The van der Waals surface area contributed by atoms with E-state index in [0.717, 1.165) is 19.3 Å². The number of carboxylic acid groups (broad SMARTS) is 1. The molecule has 2 rings (SSSR count). The molecule has 19 heavy (non-hydrogen) atoms. The SMILES string of the molecule is CC(C)(C)O[C@H]1CC[C@H]2[C@H](C(=O)O)C(=O)CC[C@]12C. The van der Waals surface area contributed by atoms with Gasteiger partial charge in [-0.05, 0) is 51.4 Å². The lowest BCUT2D eigenvalue weighted by Gasteiger charge is -2.44. The van der Waals surface area contributed by atoms with E-state index in [-0.39, 0.29) is 28.8 Å². The van der Waals surface area contributed by atoms with Gasteiger partial charge in [0.15, 0.2) is 0 Å². The monoisotopic (exact) mass is 268 g/mol. The predicted molar refractivity (Wildman–Crippen MR) is 70.8 cm³/mol. The summed E-state index contributed by atoms with van der Waals surface area (Å²) in [7, 11) is 0. The van der Waals surface area contributed by atoms with Gasteiger partial charge >= 0.3 is 5.97 Å². The number of carboxylic acids is 1. The Hall–Kier alpha value is -0.900. The third kappa shape index (κ3) is 2.55. The van der Waals surface area contributed by atoms with E-state index < -0.39 is 11.9 Å². The van der Waals surface area contributed by atoms with Crippen LogP contribution in [0.3, 0.4) is 0 Å². The number of ketones is 1. The number of aliphatic carboxylic acids is 1. The maximum Gasteiger partial charge on any atom is 0.314 e. The molecule has 4 nitrogen and oxygen atoms in total. The molecule has 0 unspecified atom stereocenters. The van der Waals surface area contributed by atoms with Crippen molar-refractivity contribution < 1.29 is 19.4 Å². The van der Waals surface area contributed by atoms with Gasteiger partial charge in [-0.25, -0.2) is 0 Å². The predicted octanol–water partition coefficient (Wildman–Crippen LogP) is 2.65. The smallest absolute Gasteiger partial charge is 0.314 e. The van der Waals surface area contributed by atoms with E-state index in [9.17, 15) is 14.7 Å². The number of fused-ring (bicyclic) bond motifs is 1. The Labute approximate surface area is 114 Å². The number of hydrogen-bond acceptors (Lipinski definition) is 3. The fourth-order valence-corrected chi connectivity index (χ4v) is 3.83. The number of ether oxygens (including phenoxy) is 1. The molecule has 2 aliphatic rings. The number of hydrogen-bond donors (Lipinski definition) is 1. The largest absolute Gasteiger partial charge is 0.481 e. The lowest BCUT2D eigenvalue weighted by molar-refractivity contribution is -0.160. The van der Waals surface area contributed by atoms with Crippen LogP contribution in [0, 0.1) is 17.3 Å². The lowest BCUT2D eigenvalue weighted by Crippen LogP contribution is -2.48. The highest BCUT2D eigenvalue weighted by atomic mass is 16.5. The molecule has 0 aromatic carbocycles. The summed E-state index contributed by atoms with van der Waals surface area (Å²) >= 11 is 0. The van der Waals surface area contributed by atoms with Crippen LogP contribution in [0.25, 0.3) is 0 Å². The molecule has 0 heterocycles. The van der Waals surface area contributed by atoms with Gasteiger partial charge in [0.25, 0.3) is 0 Å². The van der Waals surface area contributed by atoms with Crippen molar-refractivity contribution in [3.63, 3.8) is 0 Å². The summed E-state index contributed by atoms with van der Waals surface area (Å²) in [6, 6.07) is 0. The molecule has 2 aliphatic carbocycles. The van der Waals surface area contributed by atoms with E-state index in [0.29, 0.717) is 6.42 Å². The lowest BCUT2D eigenvalue weighted by atomic mass is 9.63. The van der Waals surface area contributed by atoms with Crippen LogP contribution in [-0.2, 0) is 14.3 Å². The molecule has 2 saturated carbocycles. The first-order valence-corrected chi connectivity index (χ1v) is 7.08. The molecular formula is C15H24O4. The van der Waals surface area contributed by atoms with Gasteiger partial charge in [0.2, 0.25) is 0 Å². The van der Waals surface area contributed by atoms with Crippen LogP contribution < -0.4 is 0 Å². The van der Waals surface area contributed by atoms with Gasteiger partial charge in [-0.1, -0.05) is 6.92 Å². The van der Waals surface area contributed by atoms with Crippen LogP contribution in [0.1, 0.15) is 53.4 Å². The number of Topliss-reactive ketones (excluding diaryl/α,β-unsaturated/α-hetero) is 1. The van der Waals surface area contributed by atoms with Gasteiger partial charge in [-0.3, -0.25) is 9.59 Å². The molecular weight excluding hydrogens is 244 g/mol. The zero-order valence-electron chi connectivity index (χ0n) is 12.2. The summed E-state index contributed by atoms with van der Waals surface area (Å²) in [6.07, 6.45) is 2.82. The molecule has 0 aromatic rings. The first-order chi connectivity index (χ1) is 8.65. The molecule has 1 N–H and O–H groups in total. The molecule has 4 atom stereocenters. The fourth-order valence-electron chi connectivity index (χ4n) is 3.83. The van der Waals surface area contributed by atoms with Gasteiger partial charge in [0, 0.05) is 6.42 Å². The van der Waals surface area contributed by atoms with Crippen molar-refractivity contribution in [2.45, 2.75) is 65.1 Å². The number of rotatable bonds is 2. The second kappa shape index (κ2) is 4.58. The minimum absolute atomic E-state index is 0.0625. The zero-order valence-corrected chi connectivity index (χ0v) is 12.2. The normalized spacial score (nSPS) is 39.2. The third-order valence-electron chi connectivity index (χ3n) is 4.74. The second-order valence-corrected chi connectivity index (χ2v) is 7.19. The molecule has 0 bridgehead atoms. The van der Waals surface area contributed by atoms with Crippen molar-refractivity contribution >= 4 is 11.8 Å². The van der Waals surface area contributed by atoms with E-state index in [4.69, 9.17) is 4.74 Å². The first-order valence-electron chi connectivity index (χ1n) is 7.08. The molecule has 0 saturated heterocycles. The van der Waals surface area contributed by atoms with Crippen molar-refractivity contribution in [3.05, 3.63) is 0 Å². The standard InChI is InChI=1S/C15H24O4/c1-14(2,3)19-11-6-5-9-12(13(17)18)10(16)7-8-15(9,11)4/h9,11-12H,5-8H2,1-4H3,(H,17,18)/t9-,11-,12-,15-/m0/s1. The molecule has 4 heteroatoms. The van der Waals surface area contributed by atoms with Gasteiger partial charge < -0.3 is 9.84 Å². The highest BCUT2D eigenvalue weighted by Crippen LogP contribution is 2.55. The fraction of sp³-hybridized carbons (Fsp3) is 0.867.